The molecule has 0 N–H and O–H groups in total. The summed E-state index contributed by atoms with van der Waals surface area (Å²) in [4.78, 5) is 2.64. The molecule has 0 spiro atoms. The number of benzene rings is 4. The zero-order valence-corrected chi connectivity index (χ0v) is 25.6. The van der Waals surface area contributed by atoms with Gasteiger partial charge in [-0.1, -0.05) is 99.3 Å². The summed E-state index contributed by atoms with van der Waals surface area (Å²) in [6, 6.07) is 28.0. The zero-order chi connectivity index (χ0) is 28.9. The number of aromatic nitrogens is 2. The Balaban J connectivity index is 1.42. The highest BCUT2D eigenvalue weighted by Gasteiger charge is 2.48. The summed E-state index contributed by atoms with van der Waals surface area (Å²) in [5, 5.41) is 4.12. The Bertz CT molecular complexity index is 2480. The zero-order valence-electron chi connectivity index (χ0n) is 24.7. The standard InChI is InChI=1S/C39H29BN2S/c1-6-7-18-31-22(3)32-25-15-11-17-29-36(25)41(38(32)43-31)30-20-21(2)19-27-23-13-10-14-26-33-24-12-8-9-16-28(24)39(4,5)37(33)42(35(23)26)40(29)34(27)30/h6-20H,1H2,2-5H3/b18-7-. The lowest BCUT2D eigenvalue weighted by Crippen LogP contribution is -2.56. The predicted octanol–water partition coefficient (Wildman–Crippen LogP) is 8.87. The van der Waals surface area contributed by atoms with Crippen molar-refractivity contribution < 1.29 is 0 Å². The van der Waals surface area contributed by atoms with Crippen molar-refractivity contribution in [3.8, 4) is 27.9 Å². The fourth-order valence-electron chi connectivity index (χ4n) is 8.87. The molecule has 43 heavy (non-hydrogen) atoms. The number of fused-ring (bicyclic) bond motifs is 12. The largest absolute Gasteiger partial charge is 0.378 e. The number of nitrogens with zero attached hydrogens (tertiary/aromatic N) is 2. The smallest absolute Gasteiger partial charge is 0.332 e. The Morgan fingerprint density at radius 2 is 1.65 bits per heavy atom. The van der Waals surface area contributed by atoms with E-state index in [9.17, 15) is 0 Å². The number of aryl methyl sites for hydroxylation is 2. The minimum Gasteiger partial charge on any atom is -0.378 e. The van der Waals surface area contributed by atoms with Gasteiger partial charge >= 0.3 is 6.85 Å². The molecule has 10 rings (SSSR count). The van der Waals surface area contributed by atoms with E-state index in [-0.39, 0.29) is 12.3 Å². The van der Waals surface area contributed by atoms with Crippen molar-refractivity contribution in [2.45, 2.75) is 33.1 Å². The van der Waals surface area contributed by atoms with E-state index in [4.69, 9.17) is 0 Å². The molecule has 2 nitrogen and oxygen atoms in total. The van der Waals surface area contributed by atoms with Crippen molar-refractivity contribution in [2.24, 2.45) is 0 Å². The first-order chi connectivity index (χ1) is 20.9. The molecule has 3 aliphatic rings. The highest BCUT2D eigenvalue weighted by Crippen LogP contribution is 2.55. The van der Waals surface area contributed by atoms with Crippen LogP contribution in [0.3, 0.4) is 0 Å². The second kappa shape index (κ2) is 7.69. The maximum Gasteiger partial charge on any atom is 0.332 e. The van der Waals surface area contributed by atoms with Crippen molar-refractivity contribution >= 4 is 67.2 Å². The van der Waals surface area contributed by atoms with E-state index in [1.165, 1.54) is 98.2 Å². The van der Waals surface area contributed by atoms with Gasteiger partial charge in [0.25, 0.3) is 0 Å². The Morgan fingerprint density at radius 3 is 2.51 bits per heavy atom. The average molecular weight is 569 g/mol. The molecule has 0 radical (unpaired) electrons. The Morgan fingerprint density at radius 1 is 0.860 bits per heavy atom. The lowest BCUT2D eigenvalue weighted by molar-refractivity contribution is 0.632. The highest BCUT2D eigenvalue weighted by molar-refractivity contribution is 7.20. The molecule has 7 aromatic rings. The van der Waals surface area contributed by atoms with Crippen molar-refractivity contribution in [2.75, 3.05) is 0 Å². The first kappa shape index (κ1) is 24.0. The quantitative estimate of drug-likeness (QED) is 0.146. The van der Waals surface area contributed by atoms with Gasteiger partial charge in [-0.05, 0) is 64.7 Å². The molecule has 0 saturated carbocycles. The Hall–Kier alpha value is -4.54. The van der Waals surface area contributed by atoms with Crippen LogP contribution in [-0.4, -0.2) is 15.9 Å². The fourth-order valence-corrected chi connectivity index (χ4v) is 10.1. The molecule has 0 amide bonds. The average Bonchev–Trinajstić information content (AvgIpc) is 3.70. The molecule has 0 unspecified atom stereocenters. The minimum atomic E-state index is -0.110. The molecule has 0 fully saturated rings. The van der Waals surface area contributed by atoms with Gasteiger partial charge in [-0.25, -0.2) is 0 Å². The molecular formula is C39H29BN2S. The second-order valence-electron chi connectivity index (χ2n) is 13.1. The summed E-state index contributed by atoms with van der Waals surface area (Å²) >= 11 is 1.90. The van der Waals surface area contributed by atoms with Crippen LogP contribution >= 0.6 is 11.3 Å². The maximum atomic E-state index is 3.91. The van der Waals surface area contributed by atoms with Gasteiger partial charge in [-0.2, -0.15) is 0 Å². The van der Waals surface area contributed by atoms with Crippen molar-refractivity contribution in [3.05, 3.63) is 119 Å². The topological polar surface area (TPSA) is 9.86 Å². The maximum absolute atomic E-state index is 3.91. The molecule has 3 aromatic heterocycles. The van der Waals surface area contributed by atoms with E-state index in [0.29, 0.717) is 0 Å². The van der Waals surface area contributed by atoms with Crippen molar-refractivity contribution in [1.82, 2.24) is 9.05 Å². The van der Waals surface area contributed by atoms with Crippen LogP contribution in [0.15, 0.2) is 91.5 Å². The van der Waals surface area contributed by atoms with Gasteiger partial charge < -0.3 is 9.05 Å². The first-order valence-corrected chi connectivity index (χ1v) is 16.0. The normalized spacial score (nSPS) is 15.1. The fraction of sp³-hybridized carbons (Fsp3) is 0.128. The number of allylic oxidation sites excluding steroid dienone is 2. The third-order valence-corrected chi connectivity index (χ3v) is 11.7. The molecular weight excluding hydrogens is 539 g/mol. The van der Waals surface area contributed by atoms with E-state index in [2.05, 4.69) is 128 Å². The molecule has 5 heterocycles. The summed E-state index contributed by atoms with van der Waals surface area (Å²) in [5.74, 6) is 0. The van der Waals surface area contributed by atoms with Crippen molar-refractivity contribution in [3.63, 3.8) is 0 Å². The number of rotatable bonds is 2. The summed E-state index contributed by atoms with van der Waals surface area (Å²) in [6.45, 7) is 13.4. The van der Waals surface area contributed by atoms with Gasteiger partial charge in [-0.15, -0.1) is 11.3 Å². The number of hydrogen-bond acceptors (Lipinski definition) is 1. The van der Waals surface area contributed by atoms with E-state index < -0.39 is 0 Å². The van der Waals surface area contributed by atoms with Gasteiger partial charge in [0.1, 0.15) is 4.83 Å². The van der Waals surface area contributed by atoms with Crippen LogP contribution in [0.4, 0.5) is 0 Å². The lowest BCUT2D eigenvalue weighted by atomic mass is 9.45. The third kappa shape index (κ3) is 2.61. The van der Waals surface area contributed by atoms with Gasteiger partial charge in [-0.3, -0.25) is 0 Å². The van der Waals surface area contributed by atoms with Gasteiger partial charge in [0, 0.05) is 54.5 Å². The van der Waals surface area contributed by atoms with Crippen LogP contribution in [0.2, 0.25) is 0 Å². The van der Waals surface area contributed by atoms with Crippen LogP contribution in [0.25, 0.3) is 66.0 Å². The van der Waals surface area contributed by atoms with Crippen LogP contribution in [0.5, 0.6) is 0 Å². The van der Waals surface area contributed by atoms with Crippen LogP contribution in [0, 0.1) is 13.8 Å². The third-order valence-electron chi connectivity index (χ3n) is 10.5. The second-order valence-corrected chi connectivity index (χ2v) is 14.1. The summed E-state index contributed by atoms with van der Waals surface area (Å²) in [6.07, 6.45) is 6.13. The molecule has 0 atom stereocenters. The number of para-hydroxylation sites is 2. The monoisotopic (exact) mass is 568 g/mol. The molecule has 2 aliphatic heterocycles. The highest BCUT2D eigenvalue weighted by atomic mass is 32.1. The Kier molecular flexibility index (Phi) is 4.29. The van der Waals surface area contributed by atoms with Crippen LogP contribution in [0.1, 0.15) is 41.1 Å². The molecule has 4 aromatic carbocycles. The van der Waals surface area contributed by atoms with E-state index in [1.807, 2.05) is 17.4 Å². The van der Waals surface area contributed by atoms with E-state index in [1.54, 1.807) is 0 Å². The van der Waals surface area contributed by atoms with Crippen molar-refractivity contribution in [1.29, 1.82) is 0 Å². The molecule has 1 aliphatic carbocycles. The summed E-state index contributed by atoms with van der Waals surface area (Å²) in [5.41, 5.74) is 17.9. The predicted molar refractivity (Wildman–Crippen MR) is 186 cm³/mol. The number of hydrogen-bond donors (Lipinski definition) is 0. The van der Waals surface area contributed by atoms with Gasteiger partial charge in [0.2, 0.25) is 0 Å². The molecule has 4 heteroatoms. The molecule has 0 bridgehead atoms. The van der Waals surface area contributed by atoms with E-state index >= 15 is 0 Å². The van der Waals surface area contributed by atoms with Crippen LogP contribution < -0.4 is 10.9 Å². The molecule has 0 saturated heterocycles. The summed E-state index contributed by atoms with van der Waals surface area (Å²) < 4.78 is 5.35. The lowest BCUT2D eigenvalue weighted by Gasteiger charge is -2.36. The Labute approximate surface area is 255 Å². The number of thiophene rings is 1. The van der Waals surface area contributed by atoms with E-state index in [0.717, 1.165) is 0 Å². The summed E-state index contributed by atoms with van der Waals surface area (Å²) in [7, 11) is 0. The van der Waals surface area contributed by atoms with Crippen LogP contribution in [-0.2, 0) is 5.41 Å². The van der Waals surface area contributed by atoms with Gasteiger partial charge in [0.05, 0.1) is 5.52 Å². The van der Waals surface area contributed by atoms with Gasteiger partial charge in [0.15, 0.2) is 0 Å². The first-order valence-electron chi connectivity index (χ1n) is 15.2. The minimum absolute atomic E-state index is 0.110. The molecule has 204 valence electrons. The SMILES string of the molecule is C=C/C=C\c1sc2c(c1C)c1cccc3c1n2-c1cc(C)cc2c1B3n1c3c(c4cccc-2c41)-c1ccccc1C3(C)C.